The van der Waals surface area contributed by atoms with E-state index in [-0.39, 0.29) is 11.8 Å². The molecule has 0 aromatic heterocycles. The number of carbonyl (C=O) groups is 1. The Balaban J connectivity index is 1.99. The van der Waals surface area contributed by atoms with Gasteiger partial charge in [-0.05, 0) is 43.3 Å². The summed E-state index contributed by atoms with van der Waals surface area (Å²) in [6.07, 6.45) is 0.962. The zero-order valence-electron chi connectivity index (χ0n) is 15.9. The predicted molar refractivity (Wildman–Crippen MR) is 112 cm³/mol. The van der Waals surface area contributed by atoms with Crippen LogP contribution in [0.5, 0.6) is 5.75 Å². The van der Waals surface area contributed by atoms with Gasteiger partial charge in [0, 0.05) is 23.9 Å². The Bertz CT molecular complexity index is 860. The van der Waals surface area contributed by atoms with Crippen LogP contribution < -0.4 is 10.1 Å². The molecular formula is C22H24N2O2S. The number of nitrogens with zero attached hydrogens (tertiary/aromatic N) is 1. The smallest absolute Gasteiger partial charge is 0.193 e. The van der Waals surface area contributed by atoms with E-state index in [2.05, 4.69) is 12.2 Å². The monoisotopic (exact) mass is 380 g/mol. The minimum atomic E-state index is -0.290. The van der Waals surface area contributed by atoms with Crippen LogP contribution >= 0.6 is 12.2 Å². The fraction of sp³-hybridized carbons (Fsp3) is 0.273. The molecular weight excluding hydrogens is 356 g/mol. The molecule has 2 aromatic rings. The molecule has 0 aliphatic carbocycles. The Morgan fingerprint density at radius 1 is 1.15 bits per heavy atom. The normalized spacial score (nSPS) is 16.9. The summed E-state index contributed by atoms with van der Waals surface area (Å²) in [5.41, 5.74) is 3.22. The van der Waals surface area contributed by atoms with Gasteiger partial charge in [-0.2, -0.15) is 0 Å². The third-order valence-corrected chi connectivity index (χ3v) is 5.11. The van der Waals surface area contributed by atoms with Crippen molar-refractivity contribution in [2.45, 2.75) is 26.3 Å². The summed E-state index contributed by atoms with van der Waals surface area (Å²) in [5, 5.41) is 3.92. The maximum atomic E-state index is 13.3. The van der Waals surface area contributed by atoms with Gasteiger partial charge in [0.25, 0.3) is 0 Å². The van der Waals surface area contributed by atoms with Gasteiger partial charge >= 0.3 is 0 Å². The number of carbonyl (C=O) groups excluding carboxylic acids is 1. The minimum Gasteiger partial charge on any atom is -0.494 e. The summed E-state index contributed by atoms with van der Waals surface area (Å²) < 4.78 is 5.67. The van der Waals surface area contributed by atoms with Crippen molar-refractivity contribution in [1.82, 2.24) is 10.2 Å². The second-order valence-corrected chi connectivity index (χ2v) is 6.94. The lowest BCUT2D eigenvalue weighted by atomic mass is 9.89. The quantitative estimate of drug-likeness (QED) is 0.591. The molecule has 1 unspecified atom stereocenters. The number of allylic oxidation sites excluding steroid dienone is 1. The fourth-order valence-electron chi connectivity index (χ4n) is 3.10. The summed E-state index contributed by atoms with van der Waals surface area (Å²) in [6.45, 7) is 4.70. The molecule has 2 aromatic carbocycles. The summed E-state index contributed by atoms with van der Waals surface area (Å²) in [7, 11) is 1.88. The highest BCUT2D eigenvalue weighted by atomic mass is 32.1. The van der Waals surface area contributed by atoms with Gasteiger partial charge in [-0.3, -0.25) is 4.79 Å². The highest BCUT2D eigenvalue weighted by Crippen LogP contribution is 2.33. The molecule has 0 bridgehead atoms. The maximum absolute atomic E-state index is 13.3. The lowest BCUT2D eigenvalue weighted by molar-refractivity contribution is 0.102. The SMILES string of the molecule is CCCOc1ccc(C2NC(=S)N(C)C(C)=C2C(=O)c2ccccc2)cc1. The standard InChI is InChI=1S/C22H24N2O2S/c1-4-14-26-18-12-10-16(11-13-18)20-19(15(2)24(3)22(27)23-20)21(25)17-8-6-5-7-9-17/h5-13,20H,4,14H2,1-3H3,(H,23,27). The summed E-state index contributed by atoms with van der Waals surface area (Å²) in [4.78, 5) is 15.1. The number of ether oxygens (including phenoxy) is 1. The van der Waals surface area contributed by atoms with Gasteiger partial charge < -0.3 is 15.0 Å². The third-order valence-electron chi connectivity index (χ3n) is 4.72. The number of hydrogen-bond donors (Lipinski definition) is 1. The molecule has 1 atom stereocenters. The Labute approximate surface area is 165 Å². The molecule has 1 heterocycles. The van der Waals surface area contributed by atoms with Gasteiger partial charge in [-0.25, -0.2) is 0 Å². The van der Waals surface area contributed by atoms with Crippen LogP contribution in [0.3, 0.4) is 0 Å². The first kappa shape index (κ1) is 19.1. The topological polar surface area (TPSA) is 41.6 Å². The van der Waals surface area contributed by atoms with Crippen LogP contribution in [-0.4, -0.2) is 29.5 Å². The van der Waals surface area contributed by atoms with Gasteiger partial charge in [-0.1, -0.05) is 49.4 Å². The molecule has 0 saturated heterocycles. The van der Waals surface area contributed by atoms with Gasteiger partial charge in [0.15, 0.2) is 10.9 Å². The summed E-state index contributed by atoms with van der Waals surface area (Å²) in [5.74, 6) is 0.832. The summed E-state index contributed by atoms with van der Waals surface area (Å²) in [6, 6.07) is 16.9. The van der Waals surface area contributed by atoms with E-state index < -0.39 is 0 Å². The summed E-state index contributed by atoms with van der Waals surface area (Å²) >= 11 is 5.47. The number of nitrogens with one attached hydrogen (secondary N) is 1. The number of hydrogen-bond acceptors (Lipinski definition) is 3. The second-order valence-electron chi connectivity index (χ2n) is 6.55. The average molecular weight is 381 g/mol. The molecule has 5 heteroatoms. The zero-order chi connectivity index (χ0) is 19.4. The predicted octanol–water partition coefficient (Wildman–Crippen LogP) is 4.49. The molecule has 3 rings (SSSR count). The van der Waals surface area contributed by atoms with Crippen LogP contribution in [-0.2, 0) is 0 Å². The zero-order valence-corrected chi connectivity index (χ0v) is 16.7. The third kappa shape index (κ3) is 4.03. The number of Topliss-reactive ketones (excluding diaryl/α,β-unsaturated/α-hetero) is 1. The van der Waals surface area contributed by atoms with E-state index in [4.69, 9.17) is 17.0 Å². The molecule has 0 radical (unpaired) electrons. The van der Waals surface area contributed by atoms with Gasteiger partial charge in [-0.15, -0.1) is 0 Å². The molecule has 0 spiro atoms. The lowest BCUT2D eigenvalue weighted by Crippen LogP contribution is -2.45. The Morgan fingerprint density at radius 3 is 2.44 bits per heavy atom. The van der Waals surface area contributed by atoms with E-state index in [9.17, 15) is 4.79 Å². The second kappa shape index (κ2) is 8.35. The van der Waals surface area contributed by atoms with Gasteiger partial charge in [0.1, 0.15) is 5.75 Å². The lowest BCUT2D eigenvalue weighted by Gasteiger charge is -2.36. The molecule has 0 saturated carbocycles. The van der Waals surface area contributed by atoms with E-state index in [1.54, 1.807) is 0 Å². The highest BCUT2D eigenvalue weighted by Gasteiger charge is 2.32. The molecule has 1 aliphatic heterocycles. The molecule has 27 heavy (non-hydrogen) atoms. The van der Waals surface area contributed by atoms with Crippen LogP contribution in [0.1, 0.15) is 42.2 Å². The number of ketones is 1. The van der Waals surface area contributed by atoms with Crippen LogP contribution in [0.4, 0.5) is 0 Å². The average Bonchev–Trinajstić information content (AvgIpc) is 2.71. The first-order valence-corrected chi connectivity index (χ1v) is 9.51. The molecule has 1 N–H and O–H groups in total. The Hall–Kier alpha value is -2.66. The van der Waals surface area contributed by atoms with Gasteiger partial charge in [0.2, 0.25) is 0 Å². The van der Waals surface area contributed by atoms with Crippen molar-refractivity contribution >= 4 is 23.1 Å². The van der Waals surface area contributed by atoms with E-state index in [1.807, 2.05) is 73.5 Å². The van der Waals surface area contributed by atoms with E-state index in [1.165, 1.54) is 0 Å². The Kier molecular flexibility index (Phi) is 5.91. The van der Waals surface area contributed by atoms with Crippen LogP contribution in [0.25, 0.3) is 0 Å². The maximum Gasteiger partial charge on any atom is 0.193 e. The van der Waals surface area contributed by atoms with Crippen LogP contribution in [0.2, 0.25) is 0 Å². The Morgan fingerprint density at radius 2 is 1.81 bits per heavy atom. The first-order chi connectivity index (χ1) is 13.0. The minimum absolute atomic E-state index is 0.00580. The van der Waals surface area contributed by atoms with Crippen LogP contribution in [0, 0.1) is 0 Å². The molecule has 0 fully saturated rings. The van der Waals surface area contributed by atoms with Crippen molar-refractivity contribution in [1.29, 1.82) is 0 Å². The van der Waals surface area contributed by atoms with Crippen molar-refractivity contribution in [3.63, 3.8) is 0 Å². The number of benzene rings is 2. The fourth-order valence-corrected chi connectivity index (χ4v) is 3.36. The largest absolute Gasteiger partial charge is 0.494 e. The van der Waals surface area contributed by atoms with Crippen molar-refractivity contribution in [3.05, 3.63) is 77.0 Å². The van der Waals surface area contributed by atoms with Crippen molar-refractivity contribution in [2.75, 3.05) is 13.7 Å². The van der Waals surface area contributed by atoms with Crippen molar-refractivity contribution in [2.24, 2.45) is 0 Å². The van der Waals surface area contributed by atoms with E-state index in [0.717, 1.165) is 23.4 Å². The molecule has 1 aliphatic rings. The first-order valence-electron chi connectivity index (χ1n) is 9.10. The highest BCUT2D eigenvalue weighted by molar-refractivity contribution is 7.80. The van der Waals surface area contributed by atoms with E-state index >= 15 is 0 Å². The van der Waals surface area contributed by atoms with Gasteiger partial charge in [0.05, 0.1) is 12.6 Å². The molecule has 140 valence electrons. The van der Waals surface area contributed by atoms with E-state index in [0.29, 0.717) is 22.9 Å². The van der Waals surface area contributed by atoms with Crippen molar-refractivity contribution in [3.8, 4) is 5.75 Å². The molecule has 0 amide bonds. The number of thiocarbonyl (C=S) groups is 1. The molecule has 4 nitrogen and oxygen atoms in total. The van der Waals surface area contributed by atoms with Crippen LogP contribution in [0.15, 0.2) is 65.9 Å². The number of rotatable bonds is 6. The van der Waals surface area contributed by atoms with Crippen molar-refractivity contribution < 1.29 is 9.53 Å².